The average molecular weight is 478 g/mol. The summed E-state index contributed by atoms with van der Waals surface area (Å²) in [6.07, 6.45) is 0. The van der Waals surface area contributed by atoms with Gasteiger partial charge in [0.15, 0.2) is 0 Å². The van der Waals surface area contributed by atoms with Gasteiger partial charge in [-0.25, -0.2) is 9.13 Å². The molecular formula is C22H24O8P2. The van der Waals surface area contributed by atoms with Gasteiger partial charge in [-0.05, 0) is 74.2 Å². The maximum atomic E-state index is 13.7. The lowest BCUT2D eigenvalue weighted by molar-refractivity contribution is 0.237. The Balaban J connectivity index is 1.98. The van der Waals surface area contributed by atoms with Crippen molar-refractivity contribution < 1.29 is 37.0 Å². The Morgan fingerprint density at radius 3 is 1.47 bits per heavy atom. The quantitative estimate of drug-likeness (QED) is 0.359. The van der Waals surface area contributed by atoms with Gasteiger partial charge in [0.2, 0.25) is 0 Å². The third-order valence-electron chi connectivity index (χ3n) is 4.48. The van der Waals surface area contributed by atoms with E-state index in [4.69, 9.17) is 17.9 Å². The van der Waals surface area contributed by atoms with Crippen molar-refractivity contribution in [3.8, 4) is 23.0 Å². The number of benzene rings is 3. The molecule has 0 fully saturated rings. The monoisotopic (exact) mass is 478 g/mol. The highest BCUT2D eigenvalue weighted by Crippen LogP contribution is 2.63. The average Bonchev–Trinajstić information content (AvgIpc) is 2.69. The first-order chi connectivity index (χ1) is 15.0. The summed E-state index contributed by atoms with van der Waals surface area (Å²) in [5, 5.41) is 9.37. The largest absolute Gasteiger partial charge is 0.597 e. The smallest absolute Gasteiger partial charge is 0.508 e. The topological polar surface area (TPSA) is 112 Å². The van der Waals surface area contributed by atoms with E-state index in [1.54, 1.807) is 64.1 Å². The van der Waals surface area contributed by atoms with E-state index in [9.17, 15) is 19.1 Å². The molecule has 1 unspecified atom stereocenters. The third kappa shape index (κ3) is 5.93. The Kier molecular flexibility index (Phi) is 7.01. The van der Waals surface area contributed by atoms with E-state index >= 15 is 0 Å². The van der Waals surface area contributed by atoms with Gasteiger partial charge in [0, 0.05) is 0 Å². The molecule has 0 bridgehead atoms. The fourth-order valence-electron chi connectivity index (χ4n) is 2.95. The summed E-state index contributed by atoms with van der Waals surface area (Å²) in [5.41, 5.74) is 2.52. The molecule has 0 saturated heterocycles. The zero-order valence-corrected chi connectivity index (χ0v) is 19.8. The third-order valence-corrected chi connectivity index (χ3v) is 7.36. The number of aromatic hydroxyl groups is 1. The van der Waals surface area contributed by atoms with Gasteiger partial charge >= 0.3 is 15.6 Å². The van der Waals surface area contributed by atoms with Crippen molar-refractivity contribution in [2.24, 2.45) is 0 Å². The van der Waals surface area contributed by atoms with Crippen LogP contribution in [-0.4, -0.2) is 10.00 Å². The Bertz CT molecular complexity index is 1110. The second kappa shape index (κ2) is 9.39. The van der Waals surface area contributed by atoms with Crippen molar-refractivity contribution in [2.45, 2.75) is 27.7 Å². The SMILES string of the molecule is Cc1cccc(C)c1OP(=O)(Oc1c(C)cccc1C)OP(=O)(O)Oc1ccc(O)cc1. The van der Waals surface area contributed by atoms with Crippen LogP contribution in [0.2, 0.25) is 0 Å². The van der Waals surface area contributed by atoms with Gasteiger partial charge < -0.3 is 18.7 Å². The standard InChI is InChI=1S/C22H24O8P2/c1-15-7-5-8-16(2)21(15)28-32(26,29-22-17(3)9-6-10-18(22)4)30-31(24,25)27-20-13-11-19(23)12-14-20/h5-14,23H,1-4H3,(H,24,25). The van der Waals surface area contributed by atoms with E-state index in [1.165, 1.54) is 24.3 Å². The summed E-state index contributed by atoms with van der Waals surface area (Å²) < 4.78 is 47.7. The number of rotatable bonds is 8. The summed E-state index contributed by atoms with van der Waals surface area (Å²) >= 11 is 0. The van der Waals surface area contributed by atoms with Crippen LogP contribution in [0.15, 0.2) is 60.7 Å². The molecule has 0 aromatic heterocycles. The van der Waals surface area contributed by atoms with Crippen molar-refractivity contribution in [2.75, 3.05) is 0 Å². The van der Waals surface area contributed by atoms with Crippen LogP contribution in [0.1, 0.15) is 22.3 Å². The van der Waals surface area contributed by atoms with Crippen molar-refractivity contribution in [1.29, 1.82) is 0 Å². The lowest BCUT2D eigenvalue weighted by Crippen LogP contribution is -2.09. The van der Waals surface area contributed by atoms with Gasteiger partial charge in [0.1, 0.15) is 23.0 Å². The molecule has 3 aromatic rings. The van der Waals surface area contributed by atoms with Gasteiger partial charge in [0.05, 0.1) is 0 Å². The van der Waals surface area contributed by atoms with Crippen LogP contribution in [-0.2, 0) is 13.4 Å². The Hall–Kier alpha value is -2.76. The molecule has 1 atom stereocenters. The highest BCUT2D eigenvalue weighted by molar-refractivity contribution is 7.62. The molecule has 0 aliphatic carbocycles. The number of aryl methyl sites for hydroxylation is 4. The summed E-state index contributed by atoms with van der Waals surface area (Å²) in [7, 11) is -9.71. The lowest BCUT2D eigenvalue weighted by Gasteiger charge is -2.24. The predicted molar refractivity (Wildman–Crippen MR) is 120 cm³/mol. The molecule has 0 radical (unpaired) electrons. The van der Waals surface area contributed by atoms with E-state index in [2.05, 4.69) is 0 Å². The maximum Gasteiger partial charge on any atom is 0.597 e. The molecule has 8 nitrogen and oxygen atoms in total. The second-order valence-corrected chi connectivity index (χ2v) is 10.2. The number of hydrogen-bond donors (Lipinski definition) is 2. The zero-order chi connectivity index (χ0) is 23.5. The number of phosphoric ester groups is 2. The van der Waals surface area contributed by atoms with Crippen LogP contribution in [0.25, 0.3) is 0 Å². The highest BCUT2D eigenvalue weighted by atomic mass is 31.3. The lowest BCUT2D eigenvalue weighted by atomic mass is 10.1. The number of para-hydroxylation sites is 2. The first-order valence-corrected chi connectivity index (χ1v) is 12.6. The zero-order valence-electron chi connectivity index (χ0n) is 18.0. The van der Waals surface area contributed by atoms with Gasteiger partial charge in [-0.3, -0.25) is 4.89 Å². The van der Waals surface area contributed by atoms with E-state index < -0.39 is 15.6 Å². The first kappa shape index (κ1) is 23.9. The predicted octanol–water partition coefficient (Wildman–Crippen LogP) is 6.39. The van der Waals surface area contributed by atoms with Crippen molar-refractivity contribution in [3.63, 3.8) is 0 Å². The molecule has 0 aliphatic heterocycles. The number of phosphoric acid groups is 2. The minimum absolute atomic E-state index is 0.0616. The molecule has 3 rings (SSSR count). The Morgan fingerprint density at radius 1 is 0.656 bits per heavy atom. The summed E-state index contributed by atoms with van der Waals surface area (Å²) in [6, 6.07) is 15.5. The molecule has 0 aliphatic rings. The molecule has 170 valence electrons. The summed E-state index contributed by atoms with van der Waals surface area (Å²) in [4.78, 5) is 10.3. The van der Waals surface area contributed by atoms with Gasteiger partial charge in [0.25, 0.3) is 0 Å². The molecule has 0 amide bonds. The Morgan fingerprint density at radius 2 is 1.06 bits per heavy atom. The van der Waals surface area contributed by atoms with E-state index in [1.807, 2.05) is 0 Å². The molecule has 0 heterocycles. The molecule has 32 heavy (non-hydrogen) atoms. The van der Waals surface area contributed by atoms with Gasteiger partial charge in [-0.2, -0.15) is 4.31 Å². The van der Waals surface area contributed by atoms with E-state index in [-0.39, 0.29) is 23.0 Å². The van der Waals surface area contributed by atoms with Crippen LogP contribution in [0.5, 0.6) is 23.0 Å². The van der Waals surface area contributed by atoms with Crippen LogP contribution >= 0.6 is 15.6 Å². The maximum absolute atomic E-state index is 13.7. The first-order valence-electron chi connectivity index (χ1n) is 9.62. The van der Waals surface area contributed by atoms with Crippen molar-refractivity contribution in [1.82, 2.24) is 0 Å². The number of phenols is 1. The van der Waals surface area contributed by atoms with Crippen molar-refractivity contribution >= 4 is 15.6 Å². The van der Waals surface area contributed by atoms with Crippen LogP contribution in [0.4, 0.5) is 0 Å². The fourth-order valence-corrected chi connectivity index (χ4v) is 5.80. The summed E-state index contributed by atoms with van der Waals surface area (Å²) in [6.45, 7) is 6.93. The van der Waals surface area contributed by atoms with Crippen LogP contribution in [0.3, 0.4) is 0 Å². The van der Waals surface area contributed by atoms with Gasteiger partial charge in [-0.15, -0.1) is 0 Å². The molecule has 0 spiro atoms. The minimum atomic E-state index is -4.98. The van der Waals surface area contributed by atoms with E-state index in [0.29, 0.717) is 22.3 Å². The minimum Gasteiger partial charge on any atom is -0.508 e. The fraction of sp³-hybridized carbons (Fsp3) is 0.182. The number of phenolic OH excluding ortho intramolecular Hbond substituents is 1. The molecule has 0 saturated carbocycles. The van der Waals surface area contributed by atoms with Crippen LogP contribution in [0, 0.1) is 27.7 Å². The van der Waals surface area contributed by atoms with Crippen molar-refractivity contribution in [3.05, 3.63) is 82.9 Å². The van der Waals surface area contributed by atoms with Crippen LogP contribution < -0.4 is 13.6 Å². The molecular weight excluding hydrogens is 454 g/mol. The Labute approximate surface area is 186 Å². The molecule has 10 heteroatoms. The normalized spacial score (nSPS) is 13.3. The molecule has 3 aromatic carbocycles. The van der Waals surface area contributed by atoms with Gasteiger partial charge in [-0.1, -0.05) is 36.4 Å². The molecule has 2 N–H and O–H groups in total. The summed E-state index contributed by atoms with van der Waals surface area (Å²) in [5.74, 6) is 0.256. The highest BCUT2D eigenvalue weighted by Gasteiger charge is 2.43. The van der Waals surface area contributed by atoms with E-state index in [0.717, 1.165) is 0 Å². The number of hydrogen-bond acceptors (Lipinski definition) is 7. The second-order valence-electron chi connectivity index (χ2n) is 7.21.